The van der Waals surface area contributed by atoms with Gasteiger partial charge in [-0.1, -0.05) is 29.8 Å². The molecule has 1 N–H and O–H groups in total. The van der Waals surface area contributed by atoms with Crippen molar-refractivity contribution in [2.75, 3.05) is 24.9 Å². The number of hydrogen-bond acceptors (Lipinski definition) is 3. The molecule has 0 unspecified atom stereocenters. The molecule has 1 aromatic rings. The summed E-state index contributed by atoms with van der Waals surface area (Å²) in [6.45, 7) is 4.42. The average Bonchev–Trinajstić information content (AvgIpc) is 2.29. The second kappa shape index (κ2) is 6.40. The summed E-state index contributed by atoms with van der Waals surface area (Å²) in [6, 6.07) is 5.15. The molecule has 0 saturated heterocycles. The van der Waals surface area contributed by atoms with E-state index in [2.05, 4.69) is 20.7 Å². The minimum atomic E-state index is -3.54. The molecule has 0 radical (unpaired) electrons. The molecule has 0 aliphatic rings. The third-order valence-electron chi connectivity index (χ3n) is 2.45. The van der Waals surface area contributed by atoms with Crippen LogP contribution < -0.4 is 9.46 Å². The number of halogens is 1. The van der Waals surface area contributed by atoms with Crippen LogP contribution in [0.5, 0.6) is 5.75 Å². The normalized spacial score (nSPS) is 11.6. The highest BCUT2D eigenvalue weighted by molar-refractivity contribution is 9.10. The number of hydrogen-bond donors (Lipinski definition) is 1. The summed E-state index contributed by atoms with van der Waals surface area (Å²) >= 11 is 3.30. The van der Waals surface area contributed by atoms with E-state index in [9.17, 15) is 8.42 Å². The molecule has 1 rings (SSSR count). The fourth-order valence-electron chi connectivity index (χ4n) is 1.53. The molecule has 0 fully saturated rings. The fraction of sp³-hybridized carbons (Fsp3) is 0.455. The number of methoxy groups -OCH3 is 1. The zero-order chi connectivity index (χ0) is 13.8. The van der Waals surface area contributed by atoms with Gasteiger partial charge < -0.3 is 4.74 Å². The molecule has 18 heavy (non-hydrogen) atoms. The van der Waals surface area contributed by atoms with Crippen molar-refractivity contribution in [2.24, 2.45) is 0 Å². The summed E-state index contributed by atoms with van der Waals surface area (Å²) in [5, 5.41) is 0. The largest absolute Gasteiger partial charge is 0.495 e. The zero-order valence-corrected chi connectivity index (χ0v) is 13.0. The van der Waals surface area contributed by atoms with Crippen LogP contribution in [0.4, 0.5) is 5.69 Å². The van der Waals surface area contributed by atoms with Gasteiger partial charge in [0.25, 0.3) is 0 Å². The zero-order valence-electron chi connectivity index (χ0n) is 10.6. The molecular weight excluding hydrogens is 320 g/mol. The van der Waals surface area contributed by atoms with Crippen LogP contribution in [0, 0.1) is 0 Å². The first-order chi connectivity index (χ1) is 8.44. The van der Waals surface area contributed by atoms with Gasteiger partial charge in [0.2, 0.25) is 0 Å². The van der Waals surface area contributed by atoms with Crippen LogP contribution in [0.25, 0.3) is 0 Å². The molecule has 0 aliphatic heterocycles. The van der Waals surface area contributed by atoms with Crippen LogP contribution in [0.1, 0.15) is 13.8 Å². The maximum absolute atomic E-state index is 12.1. The van der Waals surface area contributed by atoms with Crippen LogP contribution in [-0.4, -0.2) is 32.9 Å². The molecule has 1 aromatic carbocycles. The van der Waals surface area contributed by atoms with E-state index in [1.807, 2.05) is 0 Å². The van der Waals surface area contributed by atoms with Gasteiger partial charge in [-0.2, -0.15) is 12.7 Å². The molecule has 102 valence electrons. The van der Waals surface area contributed by atoms with Crippen LogP contribution in [-0.2, 0) is 10.2 Å². The fourth-order valence-corrected chi connectivity index (χ4v) is 3.13. The second-order valence-corrected chi connectivity index (χ2v) is 6.12. The maximum Gasteiger partial charge on any atom is 0.301 e. The number of rotatable bonds is 6. The SMILES string of the molecule is CCN(CC)S(=O)(=O)Nc1cc(Br)ccc1OC. The van der Waals surface area contributed by atoms with Gasteiger partial charge in [-0.25, -0.2) is 0 Å². The lowest BCUT2D eigenvalue weighted by atomic mass is 10.3. The average molecular weight is 337 g/mol. The van der Waals surface area contributed by atoms with Crippen molar-refractivity contribution in [3.8, 4) is 5.75 Å². The Hall–Kier alpha value is -0.790. The van der Waals surface area contributed by atoms with Crippen molar-refractivity contribution in [3.63, 3.8) is 0 Å². The first-order valence-electron chi connectivity index (χ1n) is 5.56. The van der Waals surface area contributed by atoms with Crippen LogP contribution in [0.2, 0.25) is 0 Å². The molecule has 0 saturated carbocycles. The summed E-state index contributed by atoms with van der Waals surface area (Å²) in [5.41, 5.74) is 0.416. The Balaban J connectivity index is 3.07. The van der Waals surface area contributed by atoms with Crippen molar-refractivity contribution in [1.82, 2.24) is 4.31 Å². The predicted octanol–water partition coefficient (Wildman–Crippen LogP) is 2.46. The predicted molar refractivity (Wildman–Crippen MR) is 76.2 cm³/mol. The molecule has 5 nitrogen and oxygen atoms in total. The van der Waals surface area contributed by atoms with E-state index in [0.29, 0.717) is 24.5 Å². The lowest BCUT2D eigenvalue weighted by molar-refractivity contribution is 0.416. The van der Waals surface area contributed by atoms with Crippen LogP contribution >= 0.6 is 15.9 Å². The Morgan fingerprint density at radius 3 is 2.44 bits per heavy atom. The van der Waals surface area contributed by atoms with E-state index in [-0.39, 0.29) is 0 Å². The molecule has 0 atom stereocenters. The summed E-state index contributed by atoms with van der Waals surface area (Å²) < 4.78 is 33.9. The topological polar surface area (TPSA) is 58.6 Å². The maximum atomic E-state index is 12.1. The number of nitrogens with zero attached hydrogens (tertiary/aromatic N) is 1. The van der Waals surface area contributed by atoms with Crippen molar-refractivity contribution in [1.29, 1.82) is 0 Å². The van der Waals surface area contributed by atoms with E-state index in [0.717, 1.165) is 4.47 Å². The van der Waals surface area contributed by atoms with E-state index in [1.54, 1.807) is 32.0 Å². The molecule has 0 aromatic heterocycles. The van der Waals surface area contributed by atoms with Crippen LogP contribution in [0.15, 0.2) is 22.7 Å². The highest BCUT2D eigenvalue weighted by Crippen LogP contribution is 2.29. The monoisotopic (exact) mass is 336 g/mol. The number of nitrogens with one attached hydrogen (secondary N) is 1. The summed E-state index contributed by atoms with van der Waals surface area (Å²) in [7, 11) is -2.04. The van der Waals surface area contributed by atoms with Crippen molar-refractivity contribution < 1.29 is 13.2 Å². The summed E-state index contributed by atoms with van der Waals surface area (Å²) in [5.74, 6) is 0.480. The van der Waals surface area contributed by atoms with Gasteiger partial charge >= 0.3 is 10.2 Å². The van der Waals surface area contributed by atoms with Gasteiger partial charge in [-0.05, 0) is 18.2 Å². The van der Waals surface area contributed by atoms with Crippen molar-refractivity contribution in [2.45, 2.75) is 13.8 Å². The number of ether oxygens (including phenoxy) is 1. The standard InChI is InChI=1S/C11H17BrN2O3S/c1-4-14(5-2)18(15,16)13-10-8-9(12)6-7-11(10)17-3/h6-8,13H,4-5H2,1-3H3. The minimum absolute atomic E-state index is 0.416. The van der Waals surface area contributed by atoms with E-state index in [4.69, 9.17) is 4.74 Å². The molecule has 0 spiro atoms. The lowest BCUT2D eigenvalue weighted by Crippen LogP contribution is -2.35. The van der Waals surface area contributed by atoms with E-state index in [1.165, 1.54) is 11.4 Å². The smallest absolute Gasteiger partial charge is 0.301 e. The van der Waals surface area contributed by atoms with Crippen molar-refractivity contribution >= 4 is 31.8 Å². The van der Waals surface area contributed by atoms with Gasteiger partial charge in [-0.15, -0.1) is 0 Å². The number of anilines is 1. The van der Waals surface area contributed by atoms with Crippen LogP contribution in [0.3, 0.4) is 0 Å². The third kappa shape index (κ3) is 3.60. The van der Waals surface area contributed by atoms with E-state index >= 15 is 0 Å². The Morgan fingerprint density at radius 2 is 1.94 bits per heavy atom. The van der Waals surface area contributed by atoms with Crippen molar-refractivity contribution in [3.05, 3.63) is 22.7 Å². The van der Waals surface area contributed by atoms with E-state index < -0.39 is 10.2 Å². The minimum Gasteiger partial charge on any atom is -0.495 e. The summed E-state index contributed by atoms with van der Waals surface area (Å²) in [4.78, 5) is 0. The number of benzene rings is 1. The Morgan fingerprint density at radius 1 is 1.33 bits per heavy atom. The van der Waals surface area contributed by atoms with Gasteiger partial charge in [0, 0.05) is 17.6 Å². The molecule has 0 bridgehead atoms. The van der Waals surface area contributed by atoms with Gasteiger partial charge in [0.1, 0.15) is 5.75 Å². The Kier molecular flexibility index (Phi) is 5.43. The molecular formula is C11H17BrN2O3S. The third-order valence-corrected chi connectivity index (χ3v) is 4.61. The second-order valence-electron chi connectivity index (χ2n) is 3.54. The Bertz CT molecular complexity index is 501. The molecule has 0 heterocycles. The highest BCUT2D eigenvalue weighted by atomic mass is 79.9. The Labute approximate surface area is 116 Å². The summed E-state index contributed by atoms with van der Waals surface area (Å²) in [6.07, 6.45) is 0. The van der Waals surface area contributed by atoms with Gasteiger partial charge in [-0.3, -0.25) is 4.72 Å². The lowest BCUT2D eigenvalue weighted by Gasteiger charge is -2.20. The molecule has 0 amide bonds. The molecule has 0 aliphatic carbocycles. The first-order valence-corrected chi connectivity index (χ1v) is 7.79. The highest BCUT2D eigenvalue weighted by Gasteiger charge is 2.20. The van der Waals surface area contributed by atoms with Gasteiger partial charge in [0.15, 0.2) is 0 Å². The molecule has 7 heteroatoms. The quantitative estimate of drug-likeness (QED) is 0.867. The first kappa shape index (κ1) is 15.3. The van der Waals surface area contributed by atoms with Gasteiger partial charge in [0.05, 0.1) is 12.8 Å².